The lowest BCUT2D eigenvalue weighted by Crippen LogP contribution is -2.48. The Hall–Kier alpha value is -4.59. The number of ether oxygens (including phenoxy) is 4. The number of aliphatic hydroxyl groups excluding tert-OH is 1. The highest BCUT2D eigenvalue weighted by Crippen LogP contribution is 2.48. The molecule has 222 valence electrons. The molecule has 2 heterocycles. The van der Waals surface area contributed by atoms with E-state index in [9.17, 15) is 19.5 Å². The van der Waals surface area contributed by atoms with Crippen LogP contribution in [0.15, 0.2) is 108 Å². The molecule has 4 aliphatic rings. The Balaban J connectivity index is 1.18. The number of allylic oxidation sites excluding steroid dienone is 4. The van der Waals surface area contributed by atoms with E-state index in [1.54, 1.807) is 12.1 Å². The molecule has 43 heavy (non-hydrogen) atoms. The quantitative estimate of drug-likeness (QED) is 0.169. The Kier molecular flexibility index (Phi) is 7.93. The average Bonchev–Trinajstić information content (AvgIpc) is 3.76. The summed E-state index contributed by atoms with van der Waals surface area (Å²) in [7, 11) is 0. The molecule has 1 saturated heterocycles. The molecule has 0 radical (unpaired) electrons. The van der Waals surface area contributed by atoms with Crippen LogP contribution in [0.1, 0.15) is 62.5 Å². The number of cyclic esters (lactones) is 3. The SMILES string of the molecule is O=C1OC(c2ccccc2)(C2CCCC2)OC(=O)C1=C/C=C/C=C/C1=C(O)OC(c2ccccc2)(C2CCCC2)OC1=O. The fourth-order valence-corrected chi connectivity index (χ4v) is 6.63. The van der Waals surface area contributed by atoms with Gasteiger partial charge in [0.2, 0.25) is 0 Å². The van der Waals surface area contributed by atoms with E-state index < -0.39 is 35.4 Å². The van der Waals surface area contributed by atoms with Crippen LogP contribution < -0.4 is 0 Å². The zero-order chi connectivity index (χ0) is 29.9. The summed E-state index contributed by atoms with van der Waals surface area (Å²) in [5.41, 5.74) is 0.940. The van der Waals surface area contributed by atoms with Crippen molar-refractivity contribution in [2.75, 3.05) is 0 Å². The first-order chi connectivity index (χ1) is 20.9. The second-order valence-electron chi connectivity index (χ2n) is 11.3. The maximum atomic E-state index is 13.1. The molecule has 6 rings (SSSR count). The third-order valence-corrected chi connectivity index (χ3v) is 8.76. The first kappa shape index (κ1) is 28.5. The number of carbonyl (C=O) groups excluding carboxylic acids is 3. The van der Waals surface area contributed by atoms with E-state index in [2.05, 4.69) is 0 Å². The number of esters is 3. The third-order valence-electron chi connectivity index (χ3n) is 8.76. The van der Waals surface area contributed by atoms with Crippen molar-refractivity contribution in [2.24, 2.45) is 11.8 Å². The molecule has 1 N–H and O–H groups in total. The molecule has 8 nitrogen and oxygen atoms in total. The first-order valence-corrected chi connectivity index (χ1v) is 14.9. The fourth-order valence-electron chi connectivity index (χ4n) is 6.63. The van der Waals surface area contributed by atoms with E-state index in [-0.39, 0.29) is 23.0 Å². The topological polar surface area (TPSA) is 108 Å². The van der Waals surface area contributed by atoms with Crippen molar-refractivity contribution in [3.05, 3.63) is 119 Å². The molecule has 2 aliphatic heterocycles. The zero-order valence-corrected chi connectivity index (χ0v) is 23.8. The van der Waals surface area contributed by atoms with Gasteiger partial charge in [0.15, 0.2) is 0 Å². The molecule has 2 aromatic rings. The molecule has 8 heteroatoms. The molecular formula is C35H34O8. The Morgan fingerprint density at radius 3 is 1.56 bits per heavy atom. The summed E-state index contributed by atoms with van der Waals surface area (Å²) >= 11 is 0. The van der Waals surface area contributed by atoms with E-state index >= 15 is 0 Å². The second kappa shape index (κ2) is 12.0. The number of benzene rings is 2. The molecule has 3 fully saturated rings. The van der Waals surface area contributed by atoms with Gasteiger partial charge < -0.3 is 24.1 Å². The second-order valence-corrected chi connectivity index (χ2v) is 11.3. The third kappa shape index (κ3) is 5.38. The van der Waals surface area contributed by atoms with Gasteiger partial charge in [0.05, 0.1) is 0 Å². The molecular weight excluding hydrogens is 548 g/mol. The minimum absolute atomic E-state index is 0.0812. The van der Waals surface area contributed by atoms with Gasteiger partial charge in [0, 0.05) is 23.0 Å². The lowest BCUT2D eigenvalue weighted by Gasteiger charge is -2.40. The monoisotopic (exact) mass is 582 g/mol. The fraction of sp³-hybridized carbons (Fsp3) is 0.343. The summed E-state index contributed by atoms with van der Waals surface area (Å²) in [6.45, 7) is 0. The van der Waals surface area contributed by atoms with E-state index in [1.165, 1.54) is 30.4 Å². The lowest BCUT2D eigenvalue weighted by molar-refractivity contribution is -0.269. The van der Waals surface area contributed by atoms with E-state index in [4.69, 9.17) is 18.9 Å². The Morgan fingerprint density at radius 1 is 0.605 bits per heavy atom. The van der Waals surface area contributed by atoms with Crippen molar-refractivity contribution in [2.45, 2.75) is 62.9 Å². The van der Waals surface area contributed by atoms with Crippen LogP contribution in [0.5, 0.6) is 0 Å². The number of hydrogen-bond donors (Lipinski definition) is 1. The molecule has 0 spiro atoms. The maximum Gasteiger partial charge on any atom is 0.349 e. The van der Waals surface area contributed by atoms with Gasteiger partial charge in [-0.3, -0.25) is 0 Å². The van der Waals surface area contributed by atoms with Gasteiger partial charge in [0.1, 0.15) is 11.1 Å². The van der Waals surface area contributed by atoms with Crippen LogP contribution in [0.25, 0.3) is 0 Å². The van der Waals surface area contributed by atoms with Gasteiger partial charge in [0.25, 0.3) is 17.5 Å². The van der Waals surface area contributed by atoms with Crippen LogP contribution in [0.2, 0.25) is 0 Å². The Bertz CT molecular complexity index is 1470. The van der Waals surface area contributed by atoms with Crippen LogP contribution in [-0.4, -0.2) is 23.0 Å². The molecule has 0 amide bonds. The van der Waals surface area contributed by atoms with Crippen molar-refractivity contribution in [3.8, 4) is 0 Å². The largest absolute Gasteiger partial charge is 0.480 e. The molecule has 2 aliphatic carbocycles. The number of aliphatic hydroxyl groups is 1. The number of hydrogen-bond acceptors (Lipinski definition) is 8. The van der Waals surface area contributed by atoms with Gasteiger partial charge >= 0.3 is 17.9 Å². The summed E-state index contributed by atoms with van der Waals surface area (Å²) in [6.07, 6.45) is 14.3. The average molecular weight is 583 g/mol. The van der Waals surface area contributed by atoms with E-state index in [0.717, 1.165) is 51.4 Å². The first-order valence-electron chi connectivity index (χ1n) is 14.9. The van der Waals surface area contributed by atoms with Crippen molar-refractivity contribution >= 4 is 17.9 Å². The predicted octanol–water partition coefficient (Wildman–Crippen LogP) is 6.55. The van der Waals surface area contributed by atoms with E-state index in [0.29, 0.717) is 11.1 Å². The van der Waals surface area contributed by atoms with Crippen molar-refractivity contribution < 1.29 is 38.4 Å². The maximum absolute atomic E-state index is 13.1. The predicted molar refractivity (Wildman–Crippen MR) is 156 cm³/mol. The smallest absolute Gasteiger partial charge is 0.349 e. The zero-order valence-electron chi connectivity index (χ0n) is 23.8. The van der Waals surface area contributed by atoms with Crippen LogP contribution in [0.3, 0.4) is 0 Å². The number of carbonyl (C=O) groups is 3. The highest BCUT2D eigenvalue weighted by molar-refractivity contribution is 6.15. The van der Waals surface area contributed by atoms with Gasteiger partial charge in [-0.05, 0) is 37.8 Å². The van der Waals surface area contributed by atoms with Gasteiger partial charge in [-0.2, -0.15) is 0 Å². The summed E-state index contributed by atoms with van der Waals surface area (Å²) in [4.78, 5) is 39.3. The van der Waals surface area contributed by atoms with Crippen LogP contribution >= 0.6 is 0 Å². The summed E-state index contributed by atoms with van der Waals surface area (Å²) in [5.74, 6) is -5.75. The van der Waals surface area contributed by atoms with Crippen molar-refractivity contribution in [1.29, 1.82) is 0 Å². The van der Waals surface area contributed by atoms with Crippen LogP contribution in [0.4, 0.5) is 0 Å². The van der Waals surface area contributed by atoms with Crippen LogP contribution in [-0.2, 0) is 44.9 Å². The van der Waals surface area contributed by atoms with Crippen molar-refractivity contribution in [1.82, 2.24) is 0 Å². The summed E-state index contributed by atoms with van der Waals surface area (Å²) in [6, 6.07) is 18.3. The standard InChI is InChI=1S/C35H34O8/c36-30-28(31(37)41-34(40-30,26-18-10-11-19-26)24-14-4-1-5-15-24)22-8-3-9-23-29-32(38)42-35(43-33(29)39,27-20-12-13-21-27)25-16-6-2-7-17-25/h1-9,14-17,22-23,26-27,36H,10-13,18-21H2/b9-3+,22-8+,29-23?. The highest BCUT2D eigenvalue weighted by Gasteiger charge is 2.54. The molecule has 2 aromatic carbocycles. The molecule has 0 bridgehead atoms. The van der Waals surface area contributed by atoms with Crippen molar-refractivity contribution in [3.63, 3.8) is 0 Å². The van der Waals surface area contributed by atoms with E-state index in [1.807, 2.05) is 48.5 Å². The van der Waals surface area contributed by atoms with Gasteiger partial charge in [-0.15, -0.1) is 0 Å². The van der Waals surface area contributed by atoms with Gasteiger partial charge in [-0.25, -0.2) is 14.4 Å². The van der Waals surface area contributed by atoms with Crippen LogP contribution in [0, 0.1) is 11.8 Å². The summed E-state index contributed by atoms with van der Waals surface area (Å²) < 4.78 is 23.7. The lowest BCUT2D eigenvalue weighted by atomic mass is 9.89. The molecule has 0 aromatic heterocycles. The summed E-state index contributed by atoms with van der Waals surface area (Å²) in [5, 5.41) is 10.8. The van der Waals surface area contributed by atoms with Gasteiger partial charge in [-0.1, -0.05) is 105 Å². The number of rotatable bonds is 7. The minimum atomic E-state index is -1.44. The molecule has 1 atom stereocenters. The Morgan fingerprint density at radius 2 is 1.07 bits per heavy atom. The molecule has 2 saturated carbocycles. The highest BCUT2D eigenvalue weighted by atomic mass is 16.8. The Labute approximate surface area is 250 Å². The normalized spacial score (nSPS) is 27.0. The molecule has 1 unspecified atom stereocenters. The minimum Gasteiger partial charge on any atom is -0.480 e.